The summed E-state index contributed by atoms with van der Waals surface area (Å²) in [5, 5.41) is 0. The monoisotopic (exact) mass is 253 g/mol. The predicted molar refractivity (Wildman–Crippen MR) is 67.9 cm³/mol. The second kappa shape index (κ2) is 6.21. The minimum atomic E-state index is -0.112. The van der Waals surface area contributed by atoms with Gasteiger partial charge in [0.15, 0.2) is 0 Å². The molecule has 0 aromatic rings. The molecule has 1 saturated heterocycles. The van der Waals surface area contributed by atoms with E-state index in [0.717, 1.165) is 51.6 Å². The van der Waals surface area contributed by atoms with Crippen LogP contribution >= 0.6 is 0 Å². The number of rotatable bonds is 2. The molecule has 4 nitrogen and oxygen atoms in total. The molecule has 1 heterocycles. The van der Waals surface area contributed by atoms with Gasteiger partial charge in [0.1, 0.15) is 0 Å². The average Bonchev–Trinajstić information content (AvgIpc) is 2.47. The normalized spacial score (nSPS) is 28.8. The Kier molecular flexibility index (Phi) is 4.61. The van der Waals surface area contributed by atoms with Crippen molar-refractivity contribution in [2.24, 2.45) is 11.8 Å². The lowest BCUT2D eigenvalue weighted by Gasteiger charge is -2.33. The number of methoxy groups -OCH3 is 1. The van der Waals surface area contributed by atoms with Crippen LogP contribution < -0.4 is 0 Å². The van der Waals surface area contributed by atoms with Gasteiger partial charge in [0.25, 0.3) is 0 Å². The zero-order valence-electron chi connectivity index (χ0n) is 11.2. The number of ether oxygens (including phenoxy) is 1. The van der Waals surface area contributed by atoms with Gasteiger partial charge in [-0.25, -0.2) is 0 Å². The molecule has 18 heavy (non-hydrogen) atoms. The van der Waals surface area contributed by atoms with Crippen molar-refractivity contribution >= 4 is 11.9 Å². The third-order valence-electron chi connectivity index (χ3n) is 4.28. The molecule has 0 bridgehead atoms. The minimum absolute atomic E-state index is 0.0143. The summed E-state index contributed by atoms with van der Waals surface area (Å²) in [7, 11) is 1.44. The van der Waals surface area contributed by atoms with Gasteiger partial charge in [0.2, 0.25) is 5.91 Å². The van der Waals surface area contributed by atoms with E-state index >= 15 is 0 Å². The lowest BCUT2D eigenvalue weighted by molar-refractivity contribution is -0.148. The molecule has 0 unspecified atom stereocenters. The van der Waals surface area contributed by atoms with Crippen molar-refractivity contribution in [1.82, 2.24) is 4.90 Å². The number of amides is 1. The van der Waals surface area contributed by atoms with E-state index in [2.05, 4.69) is 0 Å². The van der Waals surface area contributed by atoms with Crippen molar-refractivity contribution in [2.75, 3.05) is 20.2 Å². The second-order valence-corrected chi connectivity index (χ2v) is 5.46. The van der Waals surface area contributed by atoms with Crippen LogP contribution in [-0.4, -0.2) is 37.0 Å². The van der Waals surface area contributed by atoms with E-state index in [-0.39, 0.29) is 17.8 Å². The van der Waals surface area contributed by atoms with E-state index in [9.17, 15) is 9.59 Å². The van der Waals surface area contributed by atoms with Gasteiger partial charge >= 0.3 is 5.97 Å². The fourth-order valence-electron chi connectivity index (χ4n) is 3.12. The molecule has 0 spiro atoms. The Balaban J connectivity index is 1.81. The van der Waals surface area contributed by atoms with Crippen molar-refractivity contribution in [3.63, 3.8) is 0 Å². The standard InChI is InChI=1S/C14H23NO3/c1-18-14(17)12-7-5-11(6-8-12)13(16)15-9-3-2-4-10-15/h11-12H,2-10H2,1H3/t11-,12-. The van der Waals surface area contributed by atoms with Crippen molar-refractivity contribution in [1.29, 1.82) is 0 Å². The van der Waals surface area contributed by atoms with Gasteiger partial charge in [-0.05, 0) is 44.9 Å². The lowest BCUT2D eigenvalue weighted by Crippen LogP contribution is -2.41. The maximum Gasteiger partial charge on any atom is 0.308 e. The van der Waals surface area contributed by atoms with Gasteiger partial charge in [0, 0.05) is 19.0 Å². The summed E-state index contributed by atoms with van der Waals surface area (Å²) >= 11 is 0. The van der Waals surface area contributed by atoms with E-state index in [1.54, 1.807) is 0 Å². The maximum absolute atomic E-state index is 12.3. The highest BCUT2D eigenvalue weighted by Crippen LogP contribution is 2.31. The number of likely N-dealkylation sites (tertiary alicyclic amines) is 1. The first-order chi connectivity index (χ1) is 8.72. The molecule has 4 heteroatoms. The van der Waals surface area contributed by atoms with Gasteiger partial charge < -0.3 is 9.64 Å². The Labute approximate surface area is 109 Å². The maximum atomic E-state index is 12.3. The summed E-state index contributed by atoms with van der Waals surface area (Å²) in [6, 6.07) is 0. The molecule has 2 aliphatic rings. The van der Waals surface area contributed by atoms with Crippen molar-refractivity contribution < 1.29 is 14.3 Å². The molecule has 1 saturated carbocycles. The highest BCUT2D eigenvalue weighted by molar-refractivity contribution is 5.79. The van der Waals surface area contributed by atoms with E-state index in [0.29, 0.717) is 5.91 Å². The molecule has 0 N–H and O–H groups in total. The van der Waals surface area contributed by atoms with Crippen LogP contribution in [-0.2, 0) is 14.3 Å². The van der Waals surface area contributed by atoms with Crippen LogP contribution in [0.15, 0.2) is 0 Å². The molecule has 0 atom stereocenters. The minimum Gasteiger partial charge on any atom is -0.469 e. The van der Waals surface area contributed by atoms with E-state index in [1.807, 2.05) is 4.90 Å². The van der Waals surface area contributed by atoms with E-state index in [4.69, 9.17) is 4.74 Å². The van der Waals surface area contributed by atoms with Gasteiger partial charge in [-0.2, -0.15) is 0 Å². The van der Waals surface area contributed by atoms with Gasteiger partial charge in [0.05, 0.1) is 13.0 Å². The van der Waals surface area contributed by atoms with E-state index < -0.39 is 0 Å². The molecule has 1 aliphatic carbocycles. The largest absolute Gasteiger partial charge is 0.469 e. The number of nitrogens with zero attached hydrogens (tertiary/aromatic N) is 1. The molecular formula is C14H23NO3. The van der Waals surface area contributed by atoms with Crippen LogP contribution in [0.3, 0.4) is 0 Å². The Morgan fingerprint density at radius 2 is 1.50 bits per heavy atom. The summed E-state index contributed by atoms with van der Waals surface area (Å²) in [6.45, 7) is 1.85. The summed E-state index contributed by atoms with van der Waals surface area (Å²) < 4.78 is 4.77. The van der Waals surface area contributed by atoms with Gasteiger partial charge in [-0.1, -0.05) is 0 Å². The fourth-order valence-corrected chi connectivity index (χ4v) is 3.12. The van der Waals surface area contributed by atoms with Gasteiger partial charge in [-0.15, -0.1) is 0 Å². The molecule has 0 aromatic heterocycles. The number of carbonyl (C=O) groups is 2. The first kappa shape index (κ1) is 13.4. The number of carbonyl (C=O) groups excluding carboxylic acids is 2. The Bertz CT molecular complexity index is 302. The summed E-state index contributed by atoms with van der Waals surface area (Å²) in [6.07, 6.45) is 6.82. The van der Waals surface area contributed by atoms with Crippen LogP contribution in [0.5, 0.6) is 0 Å². The summed E-state index contributed by atoms with van der Waals surface area (Å²) in [5.74, 6) is 0.362. The molecule has 1 aliphatic heterocycles. The van der Waals surface area contributed by atoms with Crippen LogP contribution in [0, 0.1) is 11.8 Å². The zero-order valence-corrected chi connectivity index (χ0v) is 11.2. The topological polar surface area (TPSA) is 46.6 Å². The predicted octanol–water partition coefficient (Wildman–Crippen LogP) is 1.98. The van der Waals surface area contributed by atoms with Crippen molar-refractivity contribution in [3.05, 3.63) is 0 Å². The first-order valence-electron chi connectivity index (χ1n) is 7.09. The fraction of sp³-hybridized carbons (Fsp3) is 0.857. The second-order valence-electron chi connectivity index (χ2n) is 5.46. The third-order valence-corrected chi connectivity index (χ3v) is 4.28. The molecule has 0 radical (unpaired) electrons. The van der Waals surface area contributed by atoms with Crippen LogP contribution in [0.25, 0.3) is 0 Å². The van der Waals surface area contributed by atoms with Crippen LogP contribution in [0.2, 0.25) is 0 Å². The number of hydrogen-bond donors (Lipinski definition) is 0. The SMILES string of the molecule is COC(=O)[C@H]1CC[C@H](C(=O)N2CCCCC2)CC1. The average molecular weight is 253 g/mol. The quantitative estimate of drug-likeness (QED) is 0.707. The number of hydrogen-bond acceptors (Lipinski definition) is 3. The van der Waals surface area contributed by atoms with E-state index in [1.165, 1.54) is 13.5 Å². The molecule has 2 rings (SSSR count). The molecule has 102 valence electrons. The highest BCUT2D eigenvalue weighted by atomic mass is 16.5. The Hall–Kier alpha value is -1.06. The third kappa shape index (κ3) is 3.03. The Morgan fingerprint density at radius 1 is 0.944 bits per heavy atom. The highest BCUT2D eigenvalue weighted by Gasteiger charge is 2.32. The number of piperidine rings is 1. The zero-order chi connectivity index (χ0) is 13.0. The first-order valence-corrected chi connectivity index (χ1v) is 7.09. The van der Waals surface area contributed by atoms with Crippen LogP contribution in [0.1, 0.15) is 44.9 Å². The molecule has 1 amide bonds. The van der Waals surface area contributed by atoms with Crippen molar-refractivity contribution in [3.8, 4) is 0 Å². The summed E-state index contributed by atoms with van der Waals surface area (Å²) in [4.78, 5) is 25.8. The van der Waals surface area contributed by atoms with Gasteiger partial charge in [-0.3, -0.25) is 9.59 Å². The number of esters is 1. The van der Waals surface area contributed by atoms with Crippen LogP contribution in [0.4, 0.5) is 0 Å². The van der Waals surface area contributed by atoms with Crippen molar-refractivity contribution in [2.45, 2.75) is 44.9 Å². The Morgan fingerprint density at radius 3 is 2.06 bits per heavy atom. The lowest BCUT2D eigenvalue weighted by atomic mass is 9.81. The molecule has 0 aromatic carbocycles. The molecular weight excluding hydrogens is 230 g/mol. The smallest absolute Gasteiger partial charge is 0.308 e. The molecule has 2 fully saturated rings. The summed E-state index contributed by atoms with van der Waals surface area (Å²) in [5.41, 5.74) is 0.